The zero-order valence-electron chi connectivity index (χ0n) is 11.5. The van der Waals surface area contributed by atoms with E-state index in [0.717, 1.165) is 18.9 Å². The smallest absolute Gasteiger partial charge is 0.254 e. The Morgan fingerprint density at radius 2 is 2.25 bits per heavy atom. The first-order valence-corrected chi connectivity index (χ1v) is 6.86. The van der Waals surface area contributed by atoms with Gasteiger partial charge in [0, 0.05) is 6.54 Å². The fraction of sp³-hybridized carbons (Fsp3) is 0.533. The molecule has 5 heteroatoms. The van der Waals surface area contributed by atoms with Crippen molar-refractivity contribution in [2.75, 3.05) is 6.54 Å². The lowest BCUT2D eigenvalue weighted by Crippen LogP contribution is -2.45. The second-order valence-electron chi connectivity index (χ2n) is 5.71. The van der Waals surface area contributed by atoms with Gasteiger partial charge in [0.2, 0.25) is 0 Å². The van der Waals surface area contributed by atoms with Gasteiger partial charge in [0.25, 0.3) is 5.91 Å². The third-order valence-corrected chi connectivity index (χ3v) is 3.84. The molecule has 2 rings (SSSR count). The van der Waals surface area contributed by atoms with Crippen LogP contribution in [0.2, 0.25) is 0 Å². The predicted molar refractivity (Wildman–Crippen MR) is 71.3 cm³/mol. The van der Waals surface area contributed by atoms with E-state index in [1.54, 1.807) is 0 Å². The molecule has 0 aliphatic heterocycles. The lowest BCUT2D eigenvalue weighted by atomic mass is 9.79. The molecule has 1 aromatic carbocycles. The third kappa shape index (κ3) is 3.33. The van der Waals surface area contributed by atoms with Gasteiger partial charge in [-0.05, 0) is 30.9 Å². The van der Waals surface area contributed by atoms with Crippen molar-refractivity contribution in [2.24, 2.45) is 5.92 Å². The van der Waals surface area contributed by atoms with Crippen LogP contribution in [-0.4, -0.2) is 23.2 Å². The fourth-order valence-electron chi connectivity index (χ4n) is 2.81. The van der Waals surface area contributed by atoms with Crippen molar-refractivity contribution in [3.63, 3.8) is 0 Å². The average Bonchev–Trinajstić information content (AvgIpc) is 2.39. The molecule has 0 saturated heterocycles. The Labute approximate surface area is 117 Å². The molecule has 1 aromatic rings. The average molecular weight is 283 g/mol. The molecule has 1 amide bonds. The van der Waals surface area contributed by atoms with Gasteiger partial charge in [-0.3, -0.25) is 4.79 Å². The monoisotopic (exact) mass is 283 g/mol. The summed E-state index contributed by atoms with van der Waals surface area (Å²) in [6, 6.07) is 3.47. The summed E-state index contributed by atoms with van der Waals surface area (Å²) in [7, 11) is 0. The van der Waals surface area contributed by atoms with Crippen molar-refractivity contribution in [2.45, 2.75) is 38.2 Å². The number of carbonyl (C=O) groups is 1. The van der Waals surface area contributed by atoms with Gasteiger partial charge in [0.15, 0.2) is 11.6 Å². The number of carbonyl (C=O) groups excluding carboxylic acids is 1. The molecule has 2 atom stereocenters. The van der Waals surface area contributed by atoms with Crippen molar-refractivity contribution in [1.29, 1.82) is 0 Å². The molecule has 0 aromatic heterocycles. The van der Waals surface area contributed by atoms with Gasteiger partial charge < -0.3 is 10.4 Å². The summed E-state index contributed by atoms with van der Waals surface area (Å²) in [6.07, 6.45) is 3.19. The number of aliphatic hydroxyl groups is 1. The van der Waals surface area contributed by atoms with E-state index >= 15 is 0 Å². The highest BCUT2D eigenvalue weighted by molar-refractivity contribution is 5.94. The number of hydrogen-bond acceptors (Lipinski definition) is 2. The molecular weight excluding hydrogens is 264 g/mol. The number of amides is 1. The van der Waals surface area contributed by atoms with E-state index in [-0.39, 0.29) is 12.1 Å². The van der Waals surface area contributed by atoms with Crippen LogP contribution in [0.25, 0.3) is 0 Å². The van der Waals surface area contributed by atoms with E-state index < -0.39 is 23.1 Å². The zero-order chi connectivity index (χ0) is 14.8. The highest BCUT2D eigenvalue weighted by Gasteiger charge is 2.33. The van der Waals surface area contributed by atoms with Crippen molar-refractivity contribution < 1.29 is 18.7 Å². The van der Waals surface area contributed by atoms with Crippen LogP contribution < -0.4 is 5.32 Å². The van der Waals surface area contributed by atoms with Crippen LogP contribution in [-0.2, 0) is 0 Å². The Hall–Kier alpha value is -1.49. The first kappa shape index (κ1) is 14.9. The van der Waals surface area contributed by atoms with Crippen LogP contribution in [0, 0.1) is 17.6 Å². The van der Waals surface area contributed by atoms with Crippen molar-refractivity contribution >= 4 is 5.91 Å². The molecule has 2 unspecified atom stereocenters. The Morgan fingerprint density at radius 1 is 1.50 bits per heavy atom. The van der Waals surface area contributed by atoms with Crippen LogP contribution in [0.1, 0.15) is 43.0 Å². The summed E-state index contributed by atoms with van der Waals surface area (Å²) in [5, 5.41) is 12.9. The van der Waals surface area contributed by atoms with Crippen molar-refractivity contribution in [3.8, 4) is 0 Å². The van der Waals surface area contributed by atoms with E-state index in [1.165, 1.54) is 12.1 Å². The summed E-state index contributed by atoms with van der Waals surface area (Å²) >= 11 is 0. The number of nitrogens with one attached hydrogen (secondary N) is 1. The van der Waals surface area contributed by atoms with Gasteiger partial charge in [-0.1, -0.05) is 25.8 Å². The third-order valence-electron chi connectivity index (χ3n) is 3.84. The quantitative estimate of drug-likeness (QED) is 0.896. The fourth-order valence-corrected chi connectivity index (χ4v) is 2.81. The standard InChI is InChI=1S/C15H19F2NO2/c1-10-4-3-7-15(20,8-10)9-18-14(19)11-5-2-6-12(16)13(11)17/h2,5-6,10,20H,3-4,7-9H2,1H3,(H,18,19). The molecule has 1 saturated carbocycles. The molecule has 2 N–H and O–H groups in total. The molecule has 1 aliphatic carbocycles. The largest absolute Gasteiger partial charge is 0.388 e. The normalized spacial score (nSPS) is 26.3. The molecule has 20 heavy (non-hydrogen) atoms. The molecule has 0 spiro atoms. The zero-order valence-corrected chi connectivity index (χ0v) is 11.5. The van der Waals surface area contributed by atoms with Crippen LogP contribution in [0.3, 0.4) is 0 Å². The minimum atomic E-state index is -1.16. The summed E-state index contributed by atoms with van der Waals surface area (Å²) in [5.41, 5.74) is -1.28. The highest BCUT2D eigenvalue weighted by atomic mass is 19.2. The van der Waals surface area contributed by atoms with Crippen LogP contribution in [0.4, 0.5) is 8.78 Å². The number of benzene rings is 1. The van der Waals surface area contributed by atoms with E-state index in [4.69, 9.17) is 0 Å². The maximum Gasteiger partial charge on any atom is 0.254 e. The maximum absolute atomic E-state index is 13.5. The van der Waals surface area contributed by atoms with Crippen LogP contribution in [0.15, 0.2) is 18.2 Å². The van der Waals surface area contributed by atoms with E-state index in [1.807, 2.05) is 0 Å². The Bertz CT molecular complexity index is 507. The van der Waals surface area contributed by atoms with E-state index in [2.05, 4.69) is 12.2 Å². The first-order valence-electron chi connectivity index (χ1n) is 6.86. The summed E-state index contributed by atoms with van der Waals surface area (Å²) < 4.78 is 26.5. The summed E-state index contributed by atoms with van der Waals surface area (Å²) in [5.74, 6) is -2.51. The maximum atomic E-state index is 13.5. The van der Waals surface area contributed by atoms with E-state index in [0.29, 0.717) is 18.8 Å². The summed E-state index contributed by atoms with van der Waals surface area (Å²) in [4.78, 5) is 11.9. The lowest BCUT2D eigenvalue weighted by molar-refractivity contribution is -0.0109. The molecule has 110 valence electrons. The van der Waals surface area contributed by atoms with Gasteiger partial charge >= 0.3 is 0 Å². The molecule has 0 radical (unpaired) electrons. The molecule has 1 aliphatic rings. The van der Waals surface area contributed by atoms with Gasteiger partial charge in [0.05, 0.1) is 11.2 Å². The molecule has 0 bridgehead atoms. The van der Waals surface area contributed by atoms with Crippen LogP contribution in [0.5, 0.6) is 0 Å². The van der Waals surface area contributed by atoms with Gasteiger partial charge in [-0.2, -0.15) is 0 Å². The highest BCUT2D eigenvalue weighted by Crippen LogP contribution is 2.31. The van der Waals surface area contributed by atoms with Gasteiger partial charge in [-0.25, -0.2) is 8.78 Å². The van der Waals surface area contributed by atoms with Gasteiger partial charge in [-0.15, -0.1) is 0 Å². The van der Waals surface area contributed by atoms with Gasteiger partial charge in [0.1, 0.15) is 0 Å². The predicted octanol–water partition coefficient (Wildman–Crippen LogP) is 2.64. The molecular formula is C15H19F2NO2. The second-order valence-corrected chi connectivity index (χ2v) is 5.71. The van der Waals surface area contributed by atoms with Crippen LogP contribution >= 0.6 is 0 Å². The Morgan fingerprint density at radius 3 is 2.95 bits per heavy atom. The second kappa shape index (κ2) is 5.87. The Kier molecular flexibility index (Phi) is 4.38. The molecule has 3 nitrogen and oxygen atoms in total. The molecule has 0 heterocycles. The van der Waals surface area contributed by atoms with Crippen molar-refractivity contribution in [1.82, 2.24) is 5.32 Å². The minimum absolute atomic E-state index is 0.0616. The molecule has 1 fully saturated rings. The first-order chi connectivity index (χ1) is 9.41. The SMILES string of the molecule is CC1CCCC(O)(CNC(=O)c2cccc(F)c2F)C1. The summed E-state index contributed by atoms with van der Waals surface area (Å²) in [6.45, 7) is 2.12. The topological polar surface area (TPSA) is 49.3 Å². The van der Waals surface area contributed by atoms with Crippen molar-refractivity contribution in [3.05, 3.63) is 35.4 Å². The number of halogens is 2. The Balaban J connectivity index is 2.00. The van der Waals surface area contributed by atoms with E-state index in [9.17, 15) is 18.7 Å². The number of hydrogen-bond donors (Lipinski definition) is 2. The lowest BCUT2D eigenvalue weighted by Gasteiger charge is -2.35. The number of rotatable bonds is 3. The minimum Gasteiger partial charge on any atom is -0.388 e.